The molecule has 0 aliphatic carbocycles. The van der Waals surface area contributed by atoms with Crippen molar-refractivity contribution in [2.45, 2.75) is 6.92 Å². The van der Waals surface area contributed by atoms with Crippen molar-refractivity contribution >= 4 is 23.0 Å². The van der Waals surface area contributed by atoms with E-state index >= 15 is 0 Å². The van der Waals surface area contributed by atoms with Gasteiger partial charge < -0.3 is 14.8 Å². The van der Waals surface area contributed by atoms with Crippen LogP contribution >= 0.6 is 11.3 Å². The number of methoxy groups -OCH3 is 1. The molecule has 22 heavy (non-hydrogen) atoms. The molecule has 0 atom stereocenters. The Kier molecular flexibility index (Phi) is 5.55. The monoisotopic (exact) mass is 319 g/mol. The fourth-order valence-electron chi connectivity index (χ4n) is 1.76. The number of ketones is 1. The SMILES string of the molecule is COc1cccc(OCCNC(=O)c2ccc(C(C)=O)s2)c1. The molecule has 0 saturated heterocycles. The summed E-state index contributed by atoms with van der Waals surface area (Å²) in [7, 11) is 1.59. The van der Waals surface area contributed by atoms with Crippen LogP contribution in [0.25, 0.3) is 0 Å². The van der Waals surface area contributed by atoms with Gasteiger partial charge in [0.2, 0.25) is 0 Å². The van der Waals surface area contributed by atoms with Crippen molar-refractivity contribution in [1.82, 2.24) is 5.32 Å². The van der Waals surface area contributed by atoms with Crippen LogP contribution in [0.15, 0.2) is 36.4 Å². The number of ether oxygens (including phenoxy) is 2. The summed E-state index contributed by atoms with van der Waals surface area (Å²) >= 11 is 1.19. The van der Waals surface area contributed by atoms with Gasteiger partial charge in [-0.25, -0.2) is 0 Å². The Balaban J connectivity index is 1.78. The molecule has 2 aromatic rings. The van der Waals surface area contributed by atoms with Crippen LogP contribution in [0, 0.1) is 0 Å². The maximum absolute atomic E-state index is 11.9. The standard InChI is InChI=1S/C16H17NO4S/c1-11(18)14-6-7-15(22-14)16(19)17-8-9-21-13-5-3-4-12(10-13)20-2/h3-7,10H,8-9H2,1-2H3,(H,17,19). The molecule has 0 aliphatic heterocycles. The highest BCUT2D eigenvalue weighted by atomic mass is 32.1. The number of amides is 1. The first-order valence-electron chi connectivity index (χ1n) is 6.76. The first-order valence-corrected chi connectivity index (χ1v) is 7.57. The van der Waals surface area contributed by atoms with Crippen molar-refractivity contribution < 1.29 is 19.1 Å². The van der Waals surface area contributed by atoms with E-state index in [1.165, 1.54) is 18.3 Å². The Morgan fingerprint density at radius 3 is 2.55 bits per heavy atom. The molecule has 1 N–H and O–H groups in total. The summed E-state index contributed by atoms with van der Waals surface area (Å²) in [4.78, 5) is 24.2. The van der Waals surface area contributed by atoms with Crippen LogP contribution in [0.3, 0.4) is 0 Å². The Labute approximate surface area is 132 Å². The minimum absolute atomic E-state index is 0.0367. The van der Waals surface area contributed by atoms with Gasteiger partial charge >= 0.3 is 0 Å². The summed E-state index contributed by atoms with van der Waals surface area (Å²) in [5.74, 6) is 1.16. The lowest BCUT2D eigenvalue weighted by Gasteiger charge is -2.08. The van der Waals surface area contributed by atoms with Crippen LogP contribution < -0.4 is 14.8 Å². The predicted octanol–water partition coefficient (Wildman–Crippen LogP) is 2.77. The van der Waals surface area contributed by atoms with Crippen LogP contribution in [-0.2, 0) is 0 Å². The van der Waals surface area contributed by atoms with Gasteiger partial charge in [0.25, 0.3) is 5.91 Å². The molecule has 0 aliphatic rings. The third-order valence-corrected chi connectivity index (χ3v) is 4.06. The van der Waals surface area contributed by atoms with Crippen molar-refractivity contribution in [2.24, 2.45) is 0 Å². The average Bonchev–Trinajstić information content (AvgIpc) is 3.02. The minimum Gasteiger partial charge on any atom is -0.497 e. The summed E-state index contributed by atoms with van der Waals surface area (Å²) in [5, 5.41) is 2.75. The van der Waals surface area contributed by atoms with Gasteiger partial charge in [0.1, 0.15) is 18.1 Å². The lowest BCUT2D eigenvalue weighted by Crippen LogP contribution is -2.27. The van der Waals surface area contributed by atoms with Crippen molar-refractivity contribution in [3.63, 3.8) is 0 Å². The first kappa shape index (κ1) is 16.0. The number of carbonyl (C=O) groups is 2. The molecule has 0 unspecified atom stereocenters. The smallest absolute Gasteiger partial charge is 0.261 e. The van der Waals surface area contributed by atoms with E-state index in [-0.39, 0.29) is 11.7 Å². The zero-order valence-electron chi connectivity index (χ0n) is 12.4. The summed E-state index contributed by atoms with van der Waals surface area (Å²) in [6, 6.07) is 10.6. The second-order valence-corrected chi connectivity index (χ2v) is 5.59. The number of benzene rings is 1. The maximum atomic E-state index is 11.9. The highest BCUT2D eigenvalue weighted by Gasteiger charge is 2.10. The Bertz CT molecular complexity index is 666. The topological polar surface area (TPSA) is 64.6 Å². The van der Waals surface area contributed by atoms with Crippen LogP contribution in [0.1, 0.15) is 26.3 Å². The van der Waals surface area contributed by atoms with Crippen molar-refractivity contribution in [1.29, 1.82) is 0 Å². The Hall–Kier alpha value is -2.34. The van der Waals surface area contributed by atoms with Gasteiger partial charge in [-0.2, -0.15) is 0 Å². The maximum Gasteiger partial charge on any atom is 0.261 e. The molecule has 116 valence electrons. The number of thiophene rings is 1. The van der Waals surface area contributed by atoms with Crippen molar-refractivity contribution in [2.75, 3.05) is 20.3 Å². The van der Waals surface area contributed by atoms with Crippen LogP contribution in [-0.4, -0.2) is 32.0 Å². The Morgan fingerprint density at radius 2 is 1.86 bits per heavy atom. The molecule has 6 heteroatoms. The molecule has 1 aromatic carbocycles. The summed E-state index contributed by atoms with van der Waals surface area (Å²) in [5.41, 5.74) is 0. The molecule has 0 bridgehead atoms. The number of hydrogen-bond acceptors (Lipinski definition) is 5. The third-order valence-electron chi connectivity index (χ3n) is 2.87. The second kappa shape index (κ2) is 7.61. The first-order chi connectivity index (χ1) is 10.6. The Morgan fingerprint density at radius 1 is 1.14 bits per heavy atom. The molecule has 0 radical (unpaired) electrons. The molecule has 5 nitrogen and oxygen atoms in total. The number of hydrogen-bond donors (Lipinski definition) is 1. The van der Waals surface area contributed by atoms with E-state index in [0.717, 1.165) is 5.75 Å². The van der Waals surface area contributed by atoms with Gasteiger partial charge in [0.15, 0.2) is 5.78 Å². The van der Waals surface area contributed by atoms with E-state index in [4.69, 9.17) is 9.47 Å². The number of carbonyl (C=O) groups excluding carboxylic acids is 2. The fourth-order valence-corrected chi connectivity index (χ4v) is 2.58. The average molecular weight is 319 g/mol. The highest BCUT2D eigenvalue weighted by molar-refractivity contribution is 7.15. The minimum atomic E-state index is -0.202. The van der Waals surface area contributed by atoms with E-state index in [2.05, 4.69) is 5.32 Å². The third kappa shape index (κ3) is 4.33. The van der Waals surface area contributed by atoms with Gasteiger partial charge in [0.05, 0.1) is 23.4 Å². The van der Waals surface area contributed by atoms with E-state index in [1.807, 2.05) is 18.2 Å². The van der Waals surface area contributed by atoms with E-state index < -0.39 is 0 Å². The van der Waals surface area contributed by atoms with Gasteiger partial charge in [-0.1, -0.05) is 6.07 Å². The van der Waals surface area contributed by atoms with Crippen LogP contribution in [0.4, 0.5) is 0 Å². The molecular formula is C16H17NO4S. The van der Waals surface area contributed by atoms with E-state index in [1.54, 1.807) is 25.3 Å². The van der Waals surface area contributed by atoms with Gasteiger partial charge in [0, 0.05) is 6.07 Å². The van der Waals surface area contributed by atoms with Gasteiger partial charge in [-0.3, -0.25) is 9.59 Å². The van der Waals surface area contributed by atoms with E-state index in [0.29, 0.717) is 28.7 Å². The van der Waals surface area contributed by atoms with Gasteiger partial charge in [-0.05, 0) is 31.2 Å². The summed E-state index contributed by atoms with van der Waals surface area (Å²) in [6.45, 7) is 2.21. The zero-order valence-corrected chi connectivity index (χ0v) is 13.2. The van der Waals surface area contributed by atoms with Gasteiger partial charge in [-0.15, -0.1) is 11.3 Å². The zero-order chi connectivity index (χ0) is 15.9. The normalized spacial score (nSPS) is 10.1. The van der Waals surface area contributed by atoms with Crippen LogP contribution in [0.5, 0.6) is 11.5 Å². The molecule has 0 fully saturated rings. The summed E-state index contributed by atoms with van der Waals surface area (Å²) in [6.07, 6.45) is 0. The summed E-state index contributed by atoms with van der Waals surface area (Å²) < 4.78 is 10.6. The van der Waals surface area contributed by atoms with Crippen molar-refractivity contribution in [3.05, 3.63) is 46.2 Å². The van der Waals surface area contributed by atoms with E-state index in [9.17, 15) is 9.59 Å². The molecule has 1 aromatic heterocycles. The van der Waals surface area contributed by atoms with Crippen LogP contribution in [0.2, 0.25) is 0 Å². The molecule has 0 saturated carbocycles. The predicted molar refractivity (Wildman–Crippen MR) is 85.1 cm³/mol. The molecule has 1 amide bonds. The highest BCUT2D eigenvalue weighted by Crippen LogP contribution is 2.19. The lowest BCUT2D eigenvalue weighted by molar-refractivity contribution is 0.0950. The molecule has 0 spiro atoms. The van der Waals surface area contributed by atoms with Crippen molar-refractivity contribution in [3.8, 4) is 11.5 Å². The fraction of sp³-hybridized carbons (Fsp3) is 0.250. The molecular weight excluding hydrogens is 302 g/mol. The quantitative estimate of drug-likeness (QED) is 0.629. The number of Topliss-reactive ketones (excluding diaryl/α,β-unsaturated/α-hetero) is 1. The molecule has 2 rings (SSSR count). The number of nitrogens with one attached hydrogen (secondary N) is 1. The number of rotatable bonds is 7. The lowest BCUT2D eigenvalue weighted by atomic mass is 10.3. The molecule has 1 heterocycles. The largest absolute Gasteiger partial charge is 0.497 e. The second-order valence-electron chi connectivity index (χ2n) is 4.50.